The summed E-state index contributed by atoms with van der Waals surface area (Å²) in [6, 6.07) is 1.75. The van der Waals surface area contributed by atoms with Crippen LogP contribution >= 0.6 is 0 Å². The van der Waals surface area contributed by atoms with Crippen molar-refractivity contribution in [3.05, 3.63) is 37.1 Å². The molecule has 0 aromatic carbocycles. The van der Waals surface area contributed by atoms with Crippen LogP contribution in [0.5, 0.6) is 0 Å². The lowest BCUT2D eigenvalue weighted by Gasteiger charge is -1.99. The van der Waals surface area contributed by atoms with E-state index >= 15 is 0 Å². The number of hydrogen-bond acceptors (Lipinski definition) is 3. The van der Waals surface area contributed by atoms with Crippen molar-refractivity contribution in [3.8, 4) is 0 Å². The minimum atomic E-state index is 0.649. The average molecular weight is 150 g/mol. The van der Waals surface area contributed by atoms with Crippen molar-refractivity contribution in [2.45, 2.75) is 0 Å². The van der Waals surface area contributed by atoms with Crippen molar-refractivity contribution in [1.29, 1.82) is 0 Å². The van der Waals surface area contributed by atoms with Crippen LogP contribution in [-0.4, -0.2) is 11.7 Å². The summed E-state index contributed by atoms with van der Waals surface area (Å²) in [5.74, 6) is 0.716. The van der Waals surface area contributed by atoms with E-state index in [4.69, 9.17) is 0 Å². The average Bonchev–Trinajstić information content (AvgIpc) is 2.52. The largest absolute Gasteiger partial charge is 0.363 e. The van der Waals surface area contributed by atoms with E-state index in [2.05, 4.69) is 28.2 Å². The maximum Gasteiger partial charge on any atom is 0.169 e. The third kappa shape index (κ3) is 2.29. The van der Waals surface area contributed by atoms with Gasteiger partial charge in [0.1, 0.15) is 6.26 Å². The highest BCUT2D eigenvalue weighted by atomic mass is 16.5. The van der Waals surface area contributed by atoms with Crippen LogP contribution in [0, 0.1) is 0 Å². The van der Waals surface area contributed by atoms with Gasteiger partial charge in [-0.1, -0.05) is 24.4 Å². The first kappa shape index (κ1) is 7.60. The summed E-state index contributed by atoms with van der Waals surface area (Å²) in [5, 5.41) is 6.66. The van der Waals surface area contributed by atoms with Gasteiger partial charge in [0.25, 0.3) is 0 Å². The van der Waals surface area contributed by atoms with Crippen molar-refractivity contribution >= 4 is 5.82 Å². The molecule has 1 heterocycles. The Morgan fingerprint density at radius 3 is 3.18 bits per heavy atom. The molecule has 1 aromatic heterocycles. The molecule has 0 aliphatic rings. The smallest absolute Gasteiger partial charge is 0.169 e. The monoisotopic (exact) mass is 150 g/mol. The minimum Gasteiger partial charge on any atom is -0.363 e. The molecule has 3 heteroatoms. The molecule has 1 aromatic rings. The van der Waals surface area contributed by atoms with Gasteiger partial charge in [0.05, 0.1) is 0 Å². The Labute approximate surface area is 65.4 Å². The first-order chi connectivity index (χ1) is 5.33. The van der Waals surface area contributed by atoms with Crippen molar-refractivity contribution in [1.82, 2.24) is 5.16 Å². The van der Waals surface area contributed by atoms with Gasteiger partial charge in [0.15, 0.2) is 5.82 Å². The molecule has 0 aliphatic carbocycles. The minimum absolute atomic E-state index is 0.649. The van der Waals surface area contributed by atoms with Crippen molar-refractivity contribution in [2.24, 2.45) is 0 Å². The molecule has 3 nitrogen and oxygen atoms in total. The number of aromatic nitrogens is 1. The Bertz CT molecular complexity index is 239. The zero-order valence-corrected chi connectivity index (χ0v) is 6.21. The van der Waals surface area contributed by atoms with Crippen molar-refractivity contribution in [3.63, 3.8) is 0 Å². The Morgan fingerprint density at radius 2 is 2.64 bits per heavy atom. The van der Waals surface area contributed by atoms with E-state index in [9.17, 15) is 0 Å². The normalized spacial score (nSPS) is 9.09. The molecule has 0 radical (unpaired) electrons. The van der Waals surface area contributed by atoms with Crippen molar-refractivity contribution < 1.29 is 4.52 Å². The van der Waals surface area contributed by atoms with E-state index in [0.29, 0.717) is 12.4 Å². The Balaban J connectivity index is 2.34. The van der Waals surface area contributed by atoms with Crippen LogP contribution < -0.4 is 5.32 Å². The SMILES string of the molecule is C=CC(=C)CNc1ccon1. The Morgan fingerprint density at radius 1 is 1.82 bits per heavy atom. The van der Waals surface area contributed by atoms with Crippen LogP contribution in [-0.2, 0) is 0 Å². The summed E-state index contributed by atoms with van der Waals surface area (Å²) in [5.41, 5.74) is 0.924. The summed E-state index contributed by atoms with van der Waals surface area (Å²) in [6.07, 6.45) is 3.21. The van der Waals surface area contributed by atoms with E-state index in [1.165, 1.54) is 6.26 Å². The van der Waals surface area contributed by atoms with Crippen molar-refractivity contribution in [2.75, 3.05) is 11.9 Å². The van der Waals surface area contributed by atoms with Gasteiger partial charge in [0, 0.05) is 12.6 Å². The summed E-state index contributed by atoms with van der Waals surface area (Å²) in [7, 11) is 0. The molecule has 1 rings (SSSR count). The Hall–Kier alpha value is -1.51. The summed E-state index contributed by atoms with van der Waals surface area (Å²) < 4.78 is 4.61. The molecule has 0 atom stereocenters. The van der Waals surface area contributed by atoms with E-state index in [1.807, 2.05) is 0 Å². The van der Waals surface area contributed by atoms with Crippen LogP contribution in [0.4, 0.5) is 5.82 Å². The molecular weight excluding hydrogens is 140 g/mol. The summed E-state index contributed by atoms with van der Waals surface area (Å²) >= 11 is 0. The van der Waals surface area contributed by atoms with Crippen LogP contribution in [0.3, 0.4) is 0 Å². The lowest BCUT2D eigenvalue weighted by molar-refractivity contribution is 0.422. The van der Waals surface area contributed by atoms with Gasteiger partial charge < -0.3 is 9.84 Å². The molecule has 1 N–H and O–H groups in total. The fourth-order valence-corrected chi connectivity index (χ4v) is 0.580. The predicted molar refractivity (Wildman–Crippen MR) is 44.3 cm³/mol. The van der Waals surface area contributed by atoms with Crippen LogP contribution in [0.15, 0.2) is 41.7 Å². The standard InChI is InChI=1S/C8H10N2O/c1-3-7(2)6-9-8-4-5-11-10-8/h3-5H,1-2,6H2,(H,9,10). The van der Waals surface area contributed by atoms with Gasteiger partial charge in [-0.3, -0.25) is 0 Å². The van der Waals surface area contributed by atoms with Gasteiger partial charge in [-0.2, -0.15) is 0 Å². The fraction of sp³-hybridized carbons (Fsp3) is 0.125. The second-order valence-corrected chi connectivity index (χ2v) is 2.10. The molecule has 0 fully saturated rings. The van der Waals surface area contributed by atoms with Gasteiger partial charge in [0.2, 0.25) is 0 Å². The van der Waals surface area contributed by atoms with E-state index in [1.54, 1.807) is 12.1 Å². The van der Waals surface area contributed by atoms with Gasteiger partial charge in [-0.15, -0.1) is 0 Å². The number of hydrogen-bond donors (Lipinski definition) is 1. The highest BCUT2D eigenvalue weighted by molar-refractivity contribution is 5.34. The highest BCUT2D eigenvalue weighted by Crippen LogP contribution is 2.01. The summed E-state index contributed by atoms with van der Waals surface area (Å²) in [4.78, 5) is 0. The number of rotatable bonds is 4. The quantitative estimate of drug-likeness (QED) is 0.665. The molecule has 0 saturated carbocycles. The Kier molecular flexibility index (Phi) is 2.49. The molecular formula is C8H10N2O. The molecule has 11 heavy (non-hydrogen) atoms. The number of nitrogens with zero attached hydrogens (tertiary/aromatic N) is 1. The van der Waals surface area contributed by atoms with Crippen LogP contribution in [0.2, 0.25) is 0 Å². The predicted octanol–water partition coefficient (Wildman–Crippen LogP) is 1.83. The third-order valence-corrected chi connectivity index (χ3v) is 1.22. The first-order valence-electron chi connectivity index (χ1n) is 3.27. The second-order valence-electron chi connectivity index (χ2n) is 2.10. The maximum absolute atomic E-state index is 4.61. The fourth-order valence-electron chi connectivity index (χ4n) is 0.580. The van der Waals surface area contributed by atoms with E-state index in [-0.39, 0.29) is 0 Å². The molecule has 0 aliphatic heterocycles. The molecule has 0 bridgehead atoms. The topological polar surface area (TPSA) is 38.1 Å². The number of nitrogens with one attached hydrogen (secondary N) is 1. The second kappa shape index (κ2) is 3.61. The lowest BCUT2D eigenvalue weighted by atomic mass is 10.3. The van der Waals surface area contributed by atoms with E-state index < -0.39 is 0 Å². The first-order valence-corrected chi connectivity index (χ1v) is 3.27. The van der Waals surface area contributed by atoms with Crippen LogP contribution in [0.25, 0.3) is 0 Å². The van der Waals surface area contributed by atoms with Gasteiger partial charge >= 0.3 is 0 Å². The van der Waals surface area contributed by atoms with Crippen LogP contribution in [0.1, 0.15) is 0 Å². The maximum atomic E-state index is 4.61. The van der Waals surface area contributed by atoms with Gasteiger partial charge in [-0.25, -0.2) is 0 Å². The zero-order chi connectivity index (χ0) is 8.10. The van der Waals surface area contributed by atoms with Gasteiger partial charge in [-0.05, 0) is 5.57 Å². The molecule has 0 saturated heterocycles. The third-order valence-electron chi connectivity index (χ3n) is 1.22. The molecule has 0 amide bonds. The summed E-state index contributed by atoms with van der Waals surface area (Å²) in [6.45, 7) is 7.96. The number of anilines is 1. The molecule has 0 unspecified atom stereocenters. The zero-order valence-electron chi connectivity index (χ0n) is 6.21. The molecule has 58 valence electrons. The lowest BCUT2D eigenvalue weighted by Crippen LogP contribution is -2.01. The molecule has 0 spiro atoms. The highest BCUT2D eigenvalue weighted by Gasteiger charge is 1.93. The van der Waals surface area contributed by atoms with E-state index in [0.717, 1.165) is 5.57 Å².